The molecule has 2 N–H and O–H groups in total. The van der Waals surface area contributed by atoms with Crippen molar-refractivity contribution in [3.63, 3.8) is 0 Å². The number of benzene rings is 1. The Bertz CT molecular complexity index is 634. The van der Waals surface area contributed by atoms with E-state index in [-0.39, 0.29) is 11.5 Å². The summed E-state index contributed by atoms with van der Waals surface area (Å²) >= 11 is 6.03. The minimum absolute atomic E-state index is 0.105. The highest BCUT2D eigenvalue weighted by atomic mass is 35.5. The van der Waals surface area contributed by atoms with Gasteiger partial charge in [-0.25, -0.2) is 4.98 Å². The molecule has 0 aliphatic carbocycles. The van der Waals surface area contributed by atoms with Gasteiger partial charge in [0.25, 0.3) is 0 Å². The zero-order chi connectivity index (χ0) is 14.5. The zero-order valence-electron chi connectivity index (χ0n) is 10.8. The predicted molar refractivity (Wildman–Crippen MR) is 79.8 cm³/mol. The Balaban J connectivity index is 2.40. The van der Waals surface area contributed by atoms with Crippen LogP contribution in [0.1, 0.15) is 6.92 Å². The number of nitro groups is 1. The fraction of sp³-hybridized carbons (Fsp3) is 0.154. The van der Waals surface area contributed by atoms with Gasteiger partial charge in [0.05, 0.1) is 15.6 Å². The van der Waals surface area contributed by atoms with Gasteiger partial charge in [-0.05, 0) is 25.1 Å². The number of halogens is 1. The van der Waals surface area contributed by atoms with Gasteiger partial charge >= 0.3 is 5.69 Å². The average molecular weight is 293 g/mol. The number of para-hydroxylation sites is 1. The third-order valence-electron chi connectivity index (χ3n) is 2.56. The van der Waals surface area contributed by atoms with E-state index in [0.717, 1.165) is 0 Å². The second-order valence-corrected chi connectivity index (χ2v) is 4.36. The summed E-state index contributed by atoms with van der Waals surface area (Å²) in [5.74, 6) is 0.717. The van der Waals surface area contributed by atoms with E-state index in [4.69, 9.17) is 11.6 Å². The van der Waals surface area contributed by atoms with Crippen LogP contribution in [0.5, 0.6) is 0 Å². The van der Waals surface area contributed by atoms with Crippen molar-refractivity contribution in [2.45, 2.75) is 6.92 Å². The predicted octanol–water partition coefficient (Wildman–Crippen LogP) is 3.82. The van der Waals surface area contributed by atoms with Crippen molar-refractivity contribution < 1.29 is 4.92 Å². The topological polar surface area (TPSA) is 80.1 Å². The van der Waals surface area contributed by atoms with E-state index >= 15 is 0 Å². The van der Waals surface area contributed by atoms with Gasteiger partial charge in [0.15, 0.2) is 0 Å². The molecule has 104 valence electrons. The molecule has 2 rings (SSSR count). The van der Waals surface area contributed by atoms with E-state index in [2.05, 4.69) is 15.6 Å². The number of nitrogens with zero attached hydrogens (tertiary/aromatic N) is 2. The molecule has 1 aromatic carbocycles. The molecule has 0 bridgehead atoms. The number of aromatic nitrogens is 1. The summed E-state index contributed by atoms with van der Waals surface area (Å²) in [6.07, 6.45) is 0. The lowest BCUT2D eigenvalue weighted by Gasteiger charge is -2.10. The summed E-state index contributed by atoms with van der Waals surface area (Å²) in [6, 6.07) is 9.97. The second-order valence-electron chi connectivity index (χ2n) is 3.96. The van der Waals surface area contributed by atoms with Crippen LogP contribution in [0.15, 0.2) is 36.4 Å². The van der Waals surface area contributed by atoms with Gasteiger partial charge in [0.2, 0.25) is 5.82 Å². The van der Waals surface area contributed by atoms with Crippen molar-refractivity contribution >= 4 is 34.6 Å². The summed E-state index contributed by atoms with van der Waals surface area (Å²) in [4.78, 5) is 14.8. The van der Waals surface area contributed by atoms with Crippen molar-refractivity contribution in [1.82, 2.24) is 4.98 Å². The van der Waals surface area contributed by atoms with Gasteiger partial charge in [-0.3, -0.25) is 10.1 Å². The first kappa shape index (κ1) is 14.1. The fourth-order valence-corrected chi connectivity index (χ4v) is 1.84. The molecule has 1 heterocycles. The first-order chi connectivity index (χ1) is 9.61. The molecular weight excluding hydrogens is 280 g/mol. The van der Waals surface area contributed by atoms with Crippen molar-refractivity contribution in [2.24, 2.45) is 0 Å². The fourth-order valence-electron chi connectivity index (χ4n) is 1.66. The normalized spacial score (nSPS) is 10.1. The zero-order valence-corrected chi connectivity index (χ0v) is 11.5. The molecule has 0 fully saturated rings. The lowest BCUT2D eigenvalue weighted by atomic mass is 10.3. The van der Waals surface area contributed by atoms with E-state index in [1.54, 1.807) is 30.3 Å². The number of hydrogen-bond acceptors (Lipinski definition) is 5. The maximum atomic E-state index is 11.0. The van der Waals surface area contributed by atoms with Crippen LogP contribution in [0.2, 0.25) is 5.02 Å². The monoisotopic (exact) mass is 292 g/mol. The molecular formula is C13H13ClN4O2. The van der Waals surface area contributed by atoms with Crippen LogP contribution in [0.25, 0.3) is 0 Å². The summed E-state index contributed by atoms with van der Waals surface area (Å²) in [6.45, 7) is 2.60. The molecule has 0 saturated carbocycles. The summed E-state index contributed by atoms with van der Waals surface area (Å²) in [5.41, 5.74) is 0.463. The summed E-state index contributed by atoms with van der Waals surface area (Å²) in [5, 5.41) is 17.4. The number of nitrogens with one attached hydrogen (secondary N) is 2. The number of pyridine rings is 1. The molecule has 0 unspecified atom stereocenters. The summed E-state index contributed by atoms with van der Waals surface area (Å²) in [7, 11) is 0. The van der Waals surface area contributed by atoms with Crippen molar-refractivity contribution in [1.29, 1.82) is 0 Å². The van der Waals surface area contributed by atoms with Crippen LogP contribution in [-0.4, -0.2) is 16.5 Å². The van der Waals surface area contributed by atoms with Crippen molar-refractivity contribution in [2.75, 3.05) is 17.2 Å². The molecule has 0 saturated heterocycles. The van der Waals surface area contributed by atoms with Gasteiger partial charge in [0.1, 0.15) is 5.82 Å². The van der Waals surface area contributed by atoms with Crippen LogP contribution in [0.4, 0.5) is 23.0 Å². The molecule has 7 heteroatoms. The van der Waals surface area contributed by atoms with E-state index < -0.39 is 4.92 Å². The minimum Gasteiger partial charge on any atom is -0.370 e. The molecule has 0 aliphatic heterocycles. The Labute approximate surface area is 120 Å². The highest BCUT2D eigenvalue weighted by Gasteiger charge is 2.16. The standard InChI is InChI=1S/C13H13ClN4O2/c1-2-15-12-8-7-11(18(19)20)13(17-12)16-10-6-4-3-5-9(10)14/h3-8H,2H2,1H3,(H2,15,16,17). The highest BCUT2D eigenvalue weighted by Crippen LogP contribution is 2.30. The number of anilines is 3. The van der Waals surface area contributed by atoms with Crippen LogP contribution in [0.3, 0.4) is 0 Å². The average Bonchev–Trinajstić information content (AvgIpc) is 2.42. The van der Waals surface area contributed by atoms with Gasteiger partial charge in [0, 0.05) is 12.6 Å². The highest BCUT2D eigenvalue weighted by molar-refractivity contribution is 6.33. The smallest absolute Gasteiger partial charge is 0.311 e. The van der Waals surface area contributed by atoms with Crippen molar-refractivity contribution in [3.8, 4) is 0 Å². The van der Waals surface area contributed by atoms with E-state index in [1.165, 1.54) is 6.07 Å². The van der Waals surface area contributed by atoms with Gasteiger partial charge in [-0.1, -0.05) is 23.7 Å². The SMILES string of the molecule is CCNc1ccc([N+](=O)[O-])c(Nc2ccccc2Cl)n1. The Morgan fingerprint density at radius 3 is 2.70 bits per heavy atom. The van der Waals surface area contributed by atoms with Crippen molar-refractivity contribution in [3.05, 3.63) is 51.5 Å². The minimum atomic E-state index is -0.484. The Morgan fingerprint density at radius 2 is 2.05 bits per heavy atom. The molecule has 0 spiro atoms. The summed E-state index contributed by atoms with van der Waals surface area (Å²) < 4.78 is 0. The molecule has 6 nitrogen and oxygen atoms in total. The second kappa shape index (κ2) is 6.21. The first-order valence-electron chi connectivity index (χ1n) is 6.02. The number of hydrogen-bond donors (Lipinski definition) is 2. The van der Waals surface area contributed by atoms with E-state index in [1.807, 2.05) is 6.92 Å². The Kier molecular flexibility index (Phi) is 4.37. The van der Waals surface area contributed by atoms with Gasteiger partial charge in [-0.2, -0.15) is 0 Å². The molecule has 0 aliphatic rings. The first-order valence-corrected chi connectivity index (χ1v) is 6.40. The third-order valence-corrected chi connectivity index (χ3v) is 2.89. The molecule has 0 radical (unpaired) electrons. The van der Waals surface area contributed by atoms with E-state index in [9.17, 15) is 10.1 Å². The number of rotatable bonds is 5. The Hall–Kier alpha value is -2.34. The molecule has 1 aromatic heterocycles. The van der Waals surface area contributed by atoms with Gasteiger partial charge < -0.3 is 10.6 Å². The third kappa shape index (κ3) is 3.16. The Morgan fingerprint density at radius 1 is 1.30 bits per heavy atom. The van der Waals surface area contributed by atoms with E-state index in [0.29, 0.717) is 23.1 Å². The molecule has 20 heavy (non-hydrogen) atoms. The maximum Gasteiger partial charge on any atom is 0.311 e. The molecule has 0 amide bonds. The quantitative estimate of drug-likeness (QED) is 0.647. The lowest BCUT2D eigenvalue weighted by Crippen LogP contribution is -2.04. The molecule has 2 aromatic rings. The maximum absolute atomic E-state index is 11.0. The largest absolute Gasteiger partial charge is 0.370 e. The molecule has 0 atom stereocenters. The van der Waals surface area contributed by atoms with Crippen LogP contribution >= 0.6 is 11.6 Å². The van der Waals surface area contributed by atoms with Gasteiger partial charge in [-0.15, -0.1) is 0 Å². The van der Waals surface area contributed by atoms with Crippen LogP contribution < -0.4 is 10.6 Å². The lowest BCUT2D eigenvalue weighted by molar-refractivity contribution is -0.384. The van der Waals surface area contributed by atoms with Crippen LogP contribution in [-0.2, 0) is 0 Å². The van der Waals surface area contributed by atoms with Crippen LogP contribution in [0, 0.1) is 10.1 Å².